The van der Waals surface area contributed by atoms with Crippen molar-refractivity contribution in [3.63, 3.8) is 0 Å². The zero-order valence-corrected chi connectivity index (χ0v) is 9.96. The van der Waals surface area contributed by atoms with E-state index in [1.54, 1.807) is 16.0 Å². The van der Waals surface area contributed by atoms with Crippen molar-refractivity contribution in [2.75, 3.05) is 0 Å². The lowest BCUT2D eigenvalue weighted by Gasteiger charge is -1.88. The summed E-state index contributed by atoms with van der Waals surface area (Å²) in [6, 6.07) is 2.01. The Bertz CT molecular complexity index is 482. The molecule has 2 rings (SSSR count). The quantitative estimate of drug-likeness (QED) is 0.812. The molecule has 0 saturated heterocycles. The van der Waals surface area contributed by atoms with Crippen LogP contribution in [0.2, 0.25) is 0 Å². The van der Waals surface area contributed by atoms with Gasteiger partial charge in [0.05, 0.1) is 3.79 Å². The summed E-state index contributed by atoms with van der Waals surface area (Å²) in [7, 11) is 1.85. The van der Waals surface area contributed by atoms with Crippen LogP contribution in [0.25, 0.3) is 11.4 Å². The largest absolute Gasteiger partial charge is 0.279 e. The molecule has 3 nitrogen and oxygen atoms in total. The van der Waals surface area contributed by atoms with Gasteiger partial charge in [-0.2, -0.15) is 4.98 Å². The van der Waals surface area contributed by atoms with E-state index in [0.29, 0.717) is 4.77 Å². The number of halogens is 1. The summed E-state index contributed by atoms with van der Waals surface area (Å²) in [5, 5.41) is 5.09. The van der Waals surface area contributed by atoms with Crippen LogP contribution in [-0.4, -0.2) is 14.8 Å². The monoisotopic (exact) mass is 275 g/mol. The minimum absolute atomic E-state index is 0.567. The van der Waals surface area contributed by atoms with Gasteiger partial charge in [0.2, 0.25) is 4.77 Å². The predicted molar refractivity (Wildman–Crippen MR) is 59.4 cm³/mol. The Hall–Kier alpha value is -0.460. The molecule has 0 bridgehead atoms. The van der Waals surface area contributed by atoms with Crippen LogP contribution in [0.4, 0.5) is 0 Å². The van der Waals surface area contributed by atoms with Gasteiger partial charge < -0.3 is 0 Å². The molecule has 2 aromatic heterocycles. The number of hydrogen-bond donors (Lipinski definition) is 1. The Morgan fingerprint density at radius 3 is 2.92 bits per heavy atom. The van der Waals surface area contributed by atoms with E-state index < -0.39 is 0 Å². The van der Waals surface area contributed by atoms with Gasteiger partial charge in [0.15, 0.2) is 5.82 Å². The molecule has 68 valence electrons. The molecule has 0 saturated carbocycles. The molecule has 6 heteroatoms. The van der Waals surface area contributed by atoms with Gasteiger partial charge >= 0.3 is 0 Å². The Balaban J connectivity index is 2.52. The number of aryl methyl sites for hydroxylation is 1. The van der Waals surface area contributed by atoms with Crippen molar-refractivity contribution in [1.82, 2.24) is 14.8 Å². The number of aromatic amines is 1. The lowest BCUT2D eigenvalue weighted by Crippen LogP contribution is -1.88. The molecular weight excluding hydrogens is 270 g/mol. The third-order valence-corrected chi connectivity index (χ3v) is 3.48. The minimum Gasteiger partial charge on any atom is -0.279 e. The van der Waals surface area contributed by atoms with Crippen molar-refractivity contribution in [1.29, 1.82) is 0 Å². The number of aromatic nitrogens is 3. The third-order valence-electron chi connectivity index (χ3n) is 1.61. The summed E-state index contributed by atoms with van der Waals surface area (Å²) in [6.07, 6.45) is 0. The van der Waals surface area contributed by atoms with Crippen LogP contribution in [0, 0.1) is 4.77 Å². The standard InChI is InChI=1S/C7H6BrN3S2/c1-11-7(12)9-6(10-11)4-2-5(8)13-3-4/h2-3H,1H3,(H,9,10,12). The summed E-state index contributed by atoms with van der Waals surface area (Å²) < 4.78 is 3.38. The molecule has 2 heterocycles. The number of rotatable bonds is 1. The number of hydrogen-bond acceptors (Lipinski definition) is 3. The first kappa shape index (κ1) is 9.11. The number of H-pyrrole nitrogens is 1. The molecule has 2 aromatic rings. The maximum atomic E-state index is 4.99. The molecule has 0 aliphatic carbocycles. The van der Waals surface area contributed by atoms with Gasteiger partial charge in [0.25, 0.3) is 0 Å². The van der Waals surface area contributed by atoms with Gasteiger partial charge in [0.1, 0.15) is 0 Å². The molecule has 0 amide bonds. The normalized spacial score (nSPS) is 10.6. The molecule has 0 aliphatic heterocycles. The highest BCUT2D eigenvalue weighted by Gasteiger charge is 2.04. The second-order valence-electron chi connectivity index (χ2n) is 2.55. The highest BCUT2D eigenvalue weighted by molar-refractivity contribution is 9.11. The number of nitrogens with one attached hydrogen (secondary N) is 1. The zero-order chi connectivity index (χ0) is 9.42. The van der Waals surface area contributed by atoms with Crippen LogP contribution < -0.4 is 0 Å². The van der Waals surface area contributed by atoms with E-state index in [0.717, 1.165) is 15.2 Å². The van der Waals surface area contributed by atoms with Crippen LogP contribution in [0.3, 0.4) is 0 Å². The van der Waals surface area contributed by atoms with Gasteiger partial charge in [-0.05, 0) is 34.2 Å². The van der Waals surface area contributed by atoms with E-state index in [1.165, 1.54) is 0 Å². The molecule has 0 fully saturated rings. The molecule has 0 unspecified atom stereocenters. The SMILES string of the molecule is Cn1[nH]c(-c2csc(Br)c2)nc1=S. The van der Waals surface area contributed by atoms with Crippen molar-refractivity contribution in [2.24, 2.45) is 7.05 Å². The second kappa shape index (κ2) is 3.36. The lowest BCUT2D eigenvalue weighted by atomic mass is 10.3. The maximum absolute atomic E-state index is 4.99. The molecule has 0 atom stereocenters. The molecule has 0 aliphatic rings. The topological polar surface area (TPSA) is 33.6 Å². The minimum atomic E-state index is 0.567. The van der Waals surface area contributed by atoms with Crippen LogP contribution in [-0.2, 0) is 7.05 Å². The van der Waals surface area contributed by atoms with E-state index in [2.05, 4.69) is 26.0 Å². The van der Waals surface area contributed by atoms with Crippen molar-refractivity contribution in [3.8, 4) is 11.4 Å². The number of thiophene rings is 1. The van der Waals surface area contributed by atoms with E-state index in [1.807, 2.05) is 18.5 Å². The Kier molecular flexibility index (Phi) is 2.35. The molecule has 13 heavy (non-hydrogen) atoms. The first-order chi connectivity index (χ1) is 6.16. The highest BCUT2D eigenvalue weighted by atomic mass is 79.9. The van der Waals surface area contributed by atoms with Crippen LogP contribution >= 0.6 is 39.5 Å². The van der Waals surface area contributed by atoms with Gasteiger partial charge in [-0.1, -0.05) is 0 Å². The lowest BCUT2D eigenvalue weighted by molar-refractivity contribution is 0.756. The number of nitrogens with zero attached hydrogens (tertiary/aromatic N) is 2. The average molecular weight is 276 g/mol. The Labute approximate surface area is 92.5 Å². The van der Waals surface area contributed by atoms with Gasteiger partial charge in [-0.15, -0.1) is 11.3 Å². The predicted octanol–water partition coefficient (Wildman–Crippen LogP) is 2.97. The molecule has 1 N–H and O–H groups in total. The van der Waals surface area contributed by atoms with Crippen LogP contribution in [0.1, 0.15) is 0 Å². The molecule has 0 spiro atoms. The summed E-state index contributed by atoms with van der Waals surface area (Å²) in [5.41, 5.74) is 1.06. The molecule has 0 aromatic carbocycles. The fourth-order valence-corrected chi connectivity index (χ4v) is 2.24. The summed E-state index contributed by atoms with van der Waals surface area (Å²) >= 11 is 10.0. The summed E-state index contributed by atoms with van der Waals surface area (Å²) in [4.78, 5) is 4.20. The van der Waals surface area contributed by atoms with Crippen LogP contribution in [0.15, 0.2) is 15.2 Å². The van der Waals surface area contributed by atoms with Crippen LogP contribution in [0.5, 0.6) is 0 Å². The smallest absolute Gasteiger partial charge is 0.216 e. The van der Waals surface area contributed by atoms with Crippen molar-refractivity contribution >= 4 is 39.5 Å². The first-order valence-electron chi connectivity index (χ1n) is 3.54. The average Bonchev–Trinajstić information content (AvgIpc) is 2.61. The van der Waals surface area contributed by atoms with Crippen molar-refractivity contribution < 1.29 is 0 Å². The van der Waals surface area contributed by atoms with E-state index >= 15 is 0 Å². The maximum Gasteiger partial charge on any atom is 0.216 e. The van der Waals surface area contributed by atoms with Crippen molar-refractivity contribution in [2.45, 2.75) is 0 Å². The first-order valence-corrected chi connectivity index (χ1v) is 5.62. The zero-order valence-electron chi connectivity index (χ0n) is 6.74. The summed E-state index contributed by atoms with van der Waals surface area (Å²) in [5.74, 6) is 0.814. The van der Waals surface area contributed by atoms with Gasteiger partial charge in [0, 0.05) is 18.0 Å². The van der Waals surface area contributed by atoms with E-state index in [9.17, 15) is 0 Å². The Morgan fingerprint density at radius 1 is 1.69 bits per heavy atom. The Morgan fingerprint density at radius 2 is 2.46 bits per heavy atom. The fraction of sp³-hybridized carbons (Fsp3) is 0.143. The van der Waals surface area contributed by atoms with E-state index in [4.69, 9.17) is 12.2 Å². The van der Waals surface area contributed by atoms with E-state index in [-0.39, 0.29) is 0 Å². The van der Waals surface area contributed by atoms with Gasteiger partial charge in [-0.25, -0.2) is 0 Å². The molecule has 0 radical (unpaired) electrons. The second-order valence-corrected chi connectivity index (χ2v) is 5.21. The highest BCUT2D eigenvalue weighted by Crippen LogP contribution is 2.26. The van der Waals surface area contributed by atoms with Gasteiger partial charge in [-0.3, -0.25) is 9.78 Å². The third kappa shape index (κ3) is 1.74. The molecular formula is C7H6BrN3S2. The van der Waals surface area contributed by atoms with Crippen molar-refractivity contribution in [3.05, 3.63) is 20.0 Å². The fourth-order valence-electron chi connectivity index (χ4n) is 0.966. The summed E-state index contributed by atoms with van der Waals surface area (Å²) in [6.45, 7) is 0.